The number of carbonyl (C=O) groups excluding carboxylic acids is 1. The summed E-state index contributed by atoms with van der Waals surface area (Å²) in [4.78, 5) is 8.57. The number of carbonyl (C=O) groups is 1. The van der Waals surface area contributed by atoms with Crippen molar-refractivity contribution >= 4 is 89.3 Å². The van der Waals surface area contributed by atoms with Crippen LogP contribution in [0.4, 0.5) is 0 Å². The van der Waals surface area contributed by atoms with Gasteiger partial charge in [0.15, 0.2) is 0 Å². The van der Waals surface area contributed by atoms with Crippen LogP contribution >= 0.6 is 83.5 Å². The average molecular weight is 448 g/mol. The summed E-state index contributed by atoms with van der Waals surface area (Å²) in [6.45, 7) is 0. The van der Waals surface area contributed by atoms with Gasteiger partial charge in [-0.05, 0) is 11.6 Å². The second kappa shape index (κ2) is 27.3. The summed E-state index contributed by atoms with van der Waals surface area (Å²) >= 11 is 4.32. The molecule has 0 saturated heterocycles. The predicted molar refractivity (Wildman–Crippen MR) is 58.8 cm³/mol. The molecule has 6 heavy (non-hydrogen) atoms. The summed E-state index contributed by atoms with van der Waals surface area (Å²) in [6, 6.07) is 0. The van der Waals surface area contributed by atoms with E-state index in [0.717, 1.165) is 0 Å². The quantitative estimate of drug-likeness (QED) is 0.316. The van der Waals surface area contributed by atoms with E-state index in [1.165, 1.54) is 0 Å². The van der Waals surface area contributed by atoms with Crippen LogP contribution in [0.25, 0.3) is 0 Å². The Morgan fingerprint density at radius 2 is 1.17 bits per heavy atom. The minimum atomic E-state index is 0. The van der Waals surface area contributed by atoms with E-state index in [1.54, 1.807) is 0 Å². The molecule has 0 fully saturated rings. The Balaban J connectivity index is -0.00000000667. The Kier molecular flexibility index (Phi) is 110. The lowest BCUT2D eigenvalue weighted by molar-refractivity contribution is 0.569. The van der Waals surface area contributed by atoms with Crippen molar-refractivity contribution in [3.05, 3.63) is 0 Å². The first-order valence-electron chi connectivity index (χ1n) is 0.454. The zero-order valence-electron chi connectivity index (χ0n) is 2.59. The van der Waals surface area contributed by atoms with Gasteiger partial charge in [-0.3, -0.25) is 4.79 Å². The first kappa shape index (κ1) is 24.2. The van der Waals surface area contributed by atoms with Gasteiger partial charge in [0.25, 0.3) is 0 Å². The fraction of sp³-hybridized carbons (Fsp3) is 0. The molecular formula is CH4ClI3O. The van der Waals surface area contributed by atoms with Crippen LogP contribution in [0.1, 0.15) is 0 Å². The van der Waals surface area contributed by atoms with Crippen molar-refractivity contribution in [1.82, 2.24) is 0 Å². The van der Waals surface area contributed by atoms with Gasteiger partial charge in [-0.2, -0.15) is 0 Å². The van der Waals surface area contributed by atoms with Crippen molar-refractivity contribution in [2.75, 3.05) is 0 Å². The molecule has 0 aliphatic carbocycles. The van der Waals surface area contributed by atoms with E-state index in [1.807, 2.05) is 0 Å². The van der Waals surface area contributed by atoms with Crippen LogP contribution < -0.4 is 0 Å². The maximum Gasteiger partial charge on any atom is 0.208 e. The lowest BCUT2D eigenvalue weighted by Gasteiger charge is -1.20. The fourth-order valence-corrected chi connectivity index (χ4v) is 0. The van der Waals surface area contributed by atoms with Crippen molar-refractivity contribution in [1.29, 1.82) is 0 Å². The Bertz CT molecular complexity index is 18.3. The Morgan fingerprint density at radius 3 is 1.17 bits per heavy atom. The van der Waals surface area contributed by atoms with Crippen LogP contribution in [-0.2, 0) is 4.79 Å². The monoisotopic (exact) mass is 448 g/mol. The third-order valence-corrected chi connectivity index (χ3v) is 0. The van der Waals surface area contributed by atoms with E-state index < -0.39 is 0 Å². The predicted octanol–water partition coefficient (Wildman–Crippen LogP) is 2.27. The average Bonchev–Trinajstić information content (AvgIpc) is 0.918. The minimum Gasteiger partial charge on any atom is -0.285 e. The molecule has 0 bridgehead atoms. The molecule has 0 aliphatic rings. The molecule has 42 valence electrons. The Hall–Kier alpha value is 2.15. The summed E-state index contributed by atoms with van der Waals surface area (Å²) < 4.78 is 0. The molecule has 0 spiro atoms. The number of halogens is 4. The zero-order chi connectivity index (χ0) is 2.71. The highest BCUT2D eigenvalue weighted by molar-refractivity contribution is 14.0. The standard InChI is InChI=1S/CHClO.3HI/c2-1-3;;;/h1H;3*1H. The van der Waals surface area contributed by atoms with Crippen LogP contribution in [0.3, 0.4) is 0 Å². The third-order valence-electron chi connectivity index (χ3n) is 0. The highest BCUT2D eigenvalue weighted by atomic mass is 127. The van der Waals surface area contributed by atoms with Crippen molar-refractivity contribution in [2.24, 2.45) is 0 Å². The smallest absolute Gasteiger partial charge is 0.208 e. The highest BCUT2D eigenvalue weighted by Gasteiger charge is 1.28. The maximum absolute atomic E-state index is 8.57. The molecule has 0 atom stereocenters. The number of hydrogen-bond acceptors (Lipinski definition) is 1. The third kappa shape index (κ3) is 35.3. The Labute approximate surface area is 92.6 Å². The van der Waals surface area contributed by atoms with E-state index in [0.29, 0.717) is 0 Å². The van der Waals surface area contributed by atoms with Gasteiger partial charge in [-0.1, -0.05) is 0 Å². The molecule has 0 unspecified atom stereocenters. The molecule has 0 saturated carbocycles. The number of rotatable bonds is 0. The van der Waals surface area contributed by atoms with Crippen LogP contribution in [-0.4, -0.2) is 5.75 Å². The molecule has 0 aliphatic heterocycles. The molecule has 0 aromatic carbocycles. The summed E-state index contributed by atoms with van der Waals surface area (Å²) in [5, 5.41) is 0. The minimum absolute atomic E-state index is 0. The van der Waals surface area contributed by atoms with Crippen molar-refractivity contribution < 1.29 is 4.79 Å². The maximum atomic E-state index is 8.57. The lowest BCUT2D eigenvalue weighted by atomic mass is 11.8. The summed E-state index contributed by atoms with van der Waals surface area (Å²) in [6.07, 6.45) is 0. The van der Waals surface area contributed by atoms with Crippen LogP contribution in [0.15, 0.2) is 0 Å². The van der Waals surface area contributed by atoms with Gasteiger partial charge in [-0.15, -0.1) is 71.9 Å². The van der Waals surface area contributed by atoms with Gasteiger partial charge in [0.2, 0.25) is 5.75 Å². The second-order valence-corrected chi connectivity index (χ2v) is 0.267. The molecule has 0 aromatic heterocycles. The van der Waals surface area contributed by atoms with Gasteiger partial charge in [-0.25, -0.2) is 0 Å². The van der Waals surface area contributed by atoms with Gasteiger partial charge in [0.1, 0.15) is 0 Å². The molecule has 0 aromatic rings. The second-order valence-electron chi connectivity index (χ2n) is 0.0891. The van der Waals surface area contributed by atoms with Crippen molar-refractivity contribution in [3.8, 4) is 0 Å². The fourth-order valence-electron chi connectivity index (χ4n) is 0. The molecule has 0 radical (unpaired) electrons. The van der Waals surface area contributed by atoms with Gasteiger partial charge < -0.3 is 0 Å². The van der Waals surface area contributed by atoms with E-state index in [-0.39, 0.29) is 77.7 Å². The van der Waals surface area contributed by atoms with Gasteiger partial charge in [0, 0.05) is 0 Å². The normalized spacial score (nSPS) is 2.17. The Morgan fingerprint density at radius 1 is 1.17 bits per heavy atom. The molecule has 0 amide bonds. The SMILES string of the molecule is I.I.I.O=CCl. The summed E-state index contributed by atoms with van der Waals surface area (Å²) in [7, 11) is 0. The number of hydrogen-bond donors (Lipinski definition) is 0. The zero-order valence-corrected chi connectivity index (χ0v) is 10.3. The first-order valence-corrected chi connectivity index (χ1v) is 0.890. The van der Waals surface area contributed by atoms with Crippen LogP contribution in [0.2, 0.25) is 0 Å². The molecule has 0 rings (SSSR count). The van der Waals surface area contributed by atoms with E-state index in [2.05, 4.69) is 11.6 Å². The van der Waals surface area contributed by atoms with Gasteiger partial charge >= 0.3 is 0 Å². The molecular weight excluding hydrogens is 444 g/mol. The summed E-state index contributed by atoms with van der Waals surface area (Å²) in [5.74, 6) is 0.222. The largest absolute Gasteiger partial charge is 0.285 e. The van der Waals surface area contributed by atoms with Crippen molar-refractivity contribution in [3.63, 3.8) is 0 Å². The molecule has 5 heteroatoms. The van der Waals surface area contributed by atoms with Crippen LogP contribution in [0, 0.1) is 0 Å². The van der Waals surface area contributed by atoms with E-state index >= 15 is 0 Å². The van der Waals surface area contributed by atoms with Gasteiger partial charge in [0.05, 0.1) is 0 Å². The molecule has 0 N–H and O–H groups in total. The lowest BCUT2D eigenvalue weighted by Crippen LogP contribution is -1.24. The highest BCUT2D eigenvalue weighted by Crippen LogP contribution is 1.42. The van der Waals surface area contributed by atoms with E-state index in [9.17, 15) is 0 Å². The van der Waals surface area contributed by atoms with Crippen molar-refractivity contribution in [2.45, 2.75) is 0 Å². The van der Waals surface area contributed by atoms with Crippen LogP contribution in [0.5, 0.6) is 0 Å². The first-order chi connectivity index (χ1) is 1.41. The molecule has 0 heterocycles. The molecule has 1 nitrogen and oxygen atoms in total. The van der Waals surface area contributed by atoms with E-state index in [4.69, 9.17) is 4.79 Å². The summed E-state index contributed by atoms with van der Waals surface area (Å²) in [5.41, 5.74) is 0. The topological polar surface area (TPSA) is 17.1 Å².